The Bertz CT molecular complexity index is 3710. The van der Waals surface area contributed by atoms with Crippen LogP contribution in [0.2, 0.25) is 0 Å². The number of nitrogens with zero attached hydrogens (tertiary/aromatic N) is 2. The van der Waals surface area contributed by atoms with E-state index in [1.54, 1.807) is 0 Å². The van der Waals surface area contributed by atoms with Gasteiger partial charge in [-0.2, -0.15) is 0 Å². The summed E-state index contributed by atoms with van der Waals surface area (Å²) in [4.78, 5) is 2.43. The molecule has 0 amide bonds. The molecule has 0 fully saturated rings. The Balaban J connectivity index is 1.02. The summed E-state index contributed by atoms with van der Waals surface area (Å²) in [6.45, 7) is 0. The average molecular weight is 879 g/mol. The molecule has 1 heterocycles. The fourth-order valence-electron chi connectivity index (χ4n) is 11.2. The monoisotopic (exact) mass is 878 g/mol. The maximum Gasteiger partial charge on any atom is 0.0714 e. The highest BCUT2D eigenvalue weighted by atomic mass is 15.1. The van der Waals surface area contributed by atoms with Gasteiger partial charge in [0.1, 0.15) is 0 Å². The molecule has 1 aliphatic rings. The van der Waals surface area contributed by atoms with Crippen LogP contribution in [-0.4, -0.2) is 4.57 Å². The Morgan fingerprint density at radius 1 is 0.290 bits per heavy atom. The summed E-state index contributed by atoms with van der Waals surface area (Å²) < 4.78 is 2.49. The lowest BCUT2D eigenvalue weighted by atomic mass is 9.67. The highest BCUT2D eigenvalue weighted by Gasteiger charge is 2.46. The molecule has 0 aliphatic heterocycles. The molecule has 2 heteroatoms. The molecule has 2 nitrogen and oxygen atoms in total. The van der Waals surface area contributed by atoms with Gasteiger partial charge >= 0.3 is 0 Å². The van der Waals surface area contributed by atoms with Crippen molar-refractivity contribution in [1.82, 2.24) is 4.57 Å². The molecule has 13 rings (SSSR count). The molecule has 324 valence electrons. The van der Waals surface area contributed by atoms with E-state index in [0.717, 1.165) is 39.4 Å². The lowest BCUT2D eigenvalue weighted by molar-refractivity contribution is 0.767. The Morgan fingerprint density at radius 3 is 1.45 bits per heavy atom. The van der Waals surface area contributed by atoms with E-state index in [9.17, 15) is 0 Å². The maximum atomic E-state index is 2.49. The van der Waals surface area contributed by atoms with Crippen molar-refractivity contribution in [3.63, 3.8) is 0 Å². The summed E-state index contributed by atoms with van der Waals surface area (Å²) in [5.74, 6) is 0. The van der Waals surface area contributed by atoms with E-state index in [4.69, 9.17) is 0 Å². The summed E-state index contributed by atoms with van der Waals surface area (Å²) in [6, 6.07) is 102. The maximum absolute atomic E-state index is 2.49. The molecule has 69 heavy (non-hydrogen) atoms. The number of anilines is 3. The van der Waals surface area contributed by atoms with Crippen molar-refractivity contribution < 1.29 is 0 Å². The van der Waals surface area contributed by atoms with Gasteiger partial charge in [-0.25, -0.2) is 0 Å². The second kappa shape index (κ2) is 16.7. The van der Waals surface area contributed by atoms with E-state index in [1.807, 2.05) is 0 Å². The topological polar surface area (TPSA) is 8.17 Å². The van der Waals surface area contributed by atoms with Gasteiger partial charge in [0.05, 0.1) is 22.1 Å². The van der Waals surface area contributed by atoms with Gasteiger partial charge in [0.25, 0.3) is 0 Å². The van der Waals surface area contributed by atoms with E-state index in [0.29, 0.717) is 0 Å². The minimum atomic E-state index is -0.508. The molecule has 1 aliphatic carbocycles. The molecule has 11 aromatic carbocycles. The number of benzene rings is 11. The smallest absolute Gasteiger partial charge is 0.0714 e. The van der Waals surface area contributed by atoms with Gasteiger partial charge in [-0.15, -0.1) is 0 Å². The predicted molar refractivity (Wildman–Crippen MR) is 289 cm³/mol. The third-order valence-electron chi connectivity index (χ3n) is 14.3. The van der Waals surface area contributed by atoms with Crippen LogP contribution in [0.4, 0.5) is 17.1 Å². The minimum absolute atomic E-state index is 0.508. The van der Waals surface area contributed by atoms with E-state index >= 15 is 0 Å². The first kappa shape index (κ1) is 40.3. The van der Waals surface area contributed by atoms with Crippen LogP contribution in [0, 0.1) is 0 Å². The van der Waals surface area contributed by atoms with Crippen LogP contribution in [0.25, 0.3) is 72.0 Å². The molecular formula is C67H46N2. The number of fused-ring (bicyclic) bond motifs is 6. The van der Waals surface area contributed by atoms with Crippen molar-refractivity contribution in [1.29, 1.82) is 0 Å². The molecule has 0 saturated carbocycles. The first-order valence-electron chi connectivity index (χ1n) is 23.8. The Labute approximate surface area is 403 Å². The van der Waals surface area contributed by atoms with Crippen molar-refractivity contribution in [3.8, 4) is 50.2 Å². The van der Waals surface area contributed by atoms with Gasteiger partial charge in [-0.1, -0.05) is 224 Å². The van der Waals surface area contributed by atoms with Crippen LogP contribution in [0.3, 0.4) is 0 Å². The first-order valence-corrected chi connectivity index (χ1v) is 23.8. The van der Waals surface area contributed by atoms with E-state index < -0.39 is 5.41 Å². The van der Waals surface area contributed by atoms with E-state index in [2.05, 4.69) is 289 Å². The lowest BCUT2D eigenvalue weighted by Crippen LogP contribution is -2.28. The number of hydrogen-bond donors (Lipinski definition) is 0. The van der Waals surface area contributed by atoms with Gasteiger partial charge in [0, 0.05) is 33.4 Å². The molecule has 1 aromatic heterocycles. The quantitative estimate of drug-likeness (QED) is 0.140. The Hall–Kier alpha value is -8.98. The summed E-state index contributed by atoms with van der Waals surface area (Å²) >= 11 is 0. The van der Waals surface area contributed by atoms with E-state index in [1.165, 1.54) is 71.9 Å². The summed E-state index contributed by atoms with van der Waals surface area (Å²) in [5, 5.41) is 2.45. The Kier molecular flexibility index (Phi) is 9.77. The third-order valence-corrected chi connectivity index (χ3v) is 14.3. The summed E-state index contributed by atoms with van der Waals surface area (Å²) in [6.07, 6.45) is 0. The third kappa shape index (κ3) is 6.64. The molecule has 0 spiro atoms. The second-order valence-electron chi connectivity index (χ2n) is 18.0. The van der Waals surface area contributed by atoms with Crippen molar-refractivity contribution in [2.24, 2.45) is 0 Å². The van der Waals surface area contributed by atoms with Crippen LogP contribution in [0.1, 0.15) is 22.3 Å². The van der Waals surface area contributed by atoms with Gasteiger partial charge in [-0.05, 0) is 116 Å². The van der Waals surface area contributed by atoms with Gasteiger partial charge < -0.3 is 9.47 Å². The molecule has 0 atom stereocenters. The van der Waals surface area contributed by atoms with Gasteiger partial charge in [0.2, 0.25) is 0 Å². The van der Waals surface area contributed by atoms with Crippen LogP contribution in [0.5, 0.6) is 0 Å². The molecule has 0 N–H and O–H groups in total. The number of rotatable bonds is 9. The SMILES string of the molecule is c1ccc(-c2cccc(N(c3cccc(-c4ccccc4)c3)c3ccccc3-c3ccc4c5ccccc5n(-c5ccc6c(c5)C(c5ccccc5)(c5ccccc5)c5ccccc5-6)c4c3)c2)cc1. The van der Waals surface area contributed by atoms with Crippen LogP contribution in [-0.2, 0) is 5.41 Å². The average Bonchev–Trinajstić information content (AvgIpc) is 3.92. The first-order chi connectivity index (χ1) is 34.2. The molecular weight excluding hydrogens is 833 g/mol. The summed E-state index contributed by atoms with van der Waals surface area (Å²) in [7, 11) is 0. The highest BCUT2D eigenvalue weighted by Crippen LogP contribution is 2.57. The van der Waals surface area contributed by atoms with Crippen molar-refractivity contribution in [2.75, 3.05) is 4.90 Å². The number of aromatic nitrogens is 1. The van der Waals surface area contributed by atoms with Crippen molar-refractivity contribution >= 4 is 38.9 Å². The molecule has 0 radical (unpaired) electrons. The largest absolute Gasteiger partial charge is 0.310 e. The van der Waals surface area contributed by atoms with Crippen LogP contribution >= 0.6 is 0 Å². The standard InChI is InChI=1S/C67H46N2/c1-5-21-47(22-6-1)49-25-19-31-54(43-49)68(55-32-20-26-50(44-55)48-23-7-2-8-24-48)64-37-17-14-33-57(64)51-39-41-61-60-35-15-18-38-65(60)69(66(61)45-51)56-40-42-59-58-34-13-16-36-62(58)67(63(59)46-56,52-27-9-3-10-28-52)53-29-11-4-12-30-53/h1-46H. The molecule has 0 saturated heterocycles. The minimum Gasteiger partial charge on any atom is -0.310 e. The molecule has 0 bridgehead atoms. The zero-order valence-corrected chi connectivity index (χ0v) is 38.0. The summed E-state index contributed by atoms with van der Waals surface area (Å²) in [5.41, 5.74) is 20.9. The van der Waals surface area contributed by atoms with E-state index in [-0.39, 0.29) is 0 Å². The molecule has 12 aromatic rings. The lowest BCUT2D eigenvalue weighted by Gasteiger charge is -2.34. The Morgan fingerprint density at radius 2 is 0.797 bits per heavy atom. The van der Waals surface area contributed by atoms with Gasteiger partial charge in [-0.3, -0.25) is 0 Å². The zero-order chi connectivity index (χ0) is 45.7. The highest BCUT2D eigenvalue weighted by molar-refractivity contribution is 6.11. The molecule has 0 unspecified atom stereocenters. The number of hydrogen-bond acceptors (Lipinski definition) is 1. The normalized spacial score (nSPS) is 12.5. The van der Waals surface area contributed by atoms with Gasteiger partial charge in [0.15, 0.2) is 0 Å². The zero-order valence-electron chi connectivity index (χ0n) is 38.0. The second-order valence-corrected chi connectivity index (χ2v) is 18.0. The van der Waals surface area contributed by atoms with Crippen molar-refractivity contribution in [2.45, 2.75) is 5.41 Å². The van der Waals surface area contributed by atoms with Crippen molar-refractivity contribution in [3.05, 3.63) is 301 Å². The number of para-hydroxylation sites is 2. The fourth-order valence-corrected chi connectivity index (χ4v) is 11.2. The van der Waals surface area contributed by atoms with Crippen LogP contribution < -0.4 is 4.90 Å². The fraction of sp³-hybridized carbons (Fsp3) is 0.0149. The predicted octanol–water partition coefficient (Wildman–Crippen LogP) is 17.6. The van der Waals surface area contributed by atoms with Crippen LogP contribution in [0.15, 0.2) is 279 Å².